The minimum Gasteiger partial charge on any atom is -0.352 e. The summed E-state index contributed by atoms with van der Waals surface area (Å²) in [6.45, 7) is 7.40. The topological polar surface area (TPSA) is 41.1 Å². The van der Waals surface area contributed by atoms with Gasteiger partial charge in [0.25, 0.3) is 0 Å². The van der Waals surface area contributed by atoms with Crippen molar-refractivity contribution in [2.75, 3.05) is 6.54 Å². The van der Waals surface area contributed by atoms with Gasteiger partial charge in [-0.15, -0.1) is 0 Å². The molecule has 1 amide bonds. The van der Waals surface area contributed by atoms with Crippen molar-refractivity contribution in [1.29, 1.82) is 0 Å². The summed E-state index contributed by atoms with van der Waals surface area (Å²) in [6, 6.07) is 10.6. The van der Waals surface area contributed by atoms with Crippen LogP contribution in [0.5, 0.6) is 0 Å². The summed E-state index contributed by atoms with van der Waals surface area (Å²) in [7, 11) is 0. The van der Waals surface area contributed by atoms with Crippen LogP contribution in [0.15, 0.2) is 30.3 Å². The highest BCUT2D eigenvalue weighted by atomic mass is 16.2. The second-order valence-electron chi connectivity index (χ2n) is 6.91. The van der Waals surface area contributed by atoms with Crippen molar-refractivity contribution in [2.24, 2.45) is 5.41 Å². The third kappa shape index (κ3) is 4.57. The van der Waals surface area contributed by atoms with Crippen LogP contribution in [0, 0.1) is 5.41 Å². The number of hydrogen-bond acceptors (Lipinski definition) is 2. The van der Waals surface area contributed by atoms with E-state index < -0.39 is 0 Å². The fourth-order valence-corrected chi connectivity index (χ4v) is 3.08. The molecular weight excluding hydrogens is 260 g/mol. The fraction of sp³-hybridized carbons (Fsp3) is 0.611. The van der Waals surface area contributed by atoms with E-state index in [1.54, 1.807) is 0 Å². The van der Waals surface area contributed by atoms with Crippen LogP contribution in [0.1, 0.15) is 45.6 Å². The van der Waals surface area contributed by atoms with Gasteiger partial charge in [0, 0.05) is 6.04 Å². The summed E-state index contributed by atoms with van der Waals surface area (Å²) in [5.41, 5.74) is 1.37. The zero-order chi connectivity index (χ0) is 15.3. The first-order valence-electron chi connectivity index (χ1n) is 8.07. The number of amides is 1. The van der Waals surface area contributed by atoms with Gasteiger partial charge in [0.2, 0.25) is 5.91 Å². The molecule has 1 fully saturated rings. The van der Waals surface area contributed by atoms with Gasteiger partial charge in [0.05, 0.1) is 6.04 Å². The Morgan fingerprint density at radius 2 is 2.10 bits per heavy atom. The molecule has 2 atom stereocenters. The number of aryl methyl sites for hydroxylation is 1. The van der Waals surface area contributed by atoms with E-state index in [9.17, 15) is 4.79 Å². The van der Waals surface area contributed by atoms with E-state index in [1.165, 1.54) is 5.56 Å². The lowest BCUT2D eigenvalue weighted by atomic mass is 9.77. The molecule has 1 saturated heterocycles. The molecule has 2 unspecified atom stereocenters. The van der Waals surface area contributed by atoms with Crippen molar-refractivity contribution < 1.29 is 4.79 Å². The van der Waals surface area contributed by atoms with Gasteiger partial charge in [-0.05, 0) is 50.1 Å². The summed E-state index contributed by atoms with van der Waals surface area (Å²) in [5, 5.41) is 6.55. The third-order valence-corrected chi connectivity index (χ3v) is 4.49. The standard InChI is InChI=1S/C18H28N2O/c1-14(10-11-15-8-5-4-6-9-15)20-17(21)16-18(2,3)12-7-13-19-16/h4-6,8-9,14,16,19H,7,10-13H2,1-3H3,(H,20,21). The predicted octanol–water partition coefficient (Wildman–Crippen LogP) is 2.90. The first-order chi connectivity index (χ1) is 9.99. The van der Waals surface area contributed by atoms with E-state index in [4.69, 9.17) is 0 Å². The number of carbonyl (C=O) groups is 1. The van der Waals surface area contributed by atoms with E-state index in [2.05, 4.69) is 55.7 Å². The Morgan fingerprint density at radius 3 is 2.76 bits per heavy atom. The average Bonchev–Trinajstić information content (AvgIpc) is 2.45. The maximum atomic E-state index is 12.5. The molecule has 0 spiro atoms. The lowest BCUT2D eigenvalue weighted by Gasteiger charge is -2.38. The van der Waals surface area contributed by atoms with Crippen molar-refractivity contribution in [3.63, 3.8) is 0 Å². The molecule has 1 aromatic rings. The molecule has 0 bridgehead atoms. The van der Waals surface area contributed by atoms with E-state index in [-0.39, 0.29) is 23.4 Å². The van der Waals surface area contributed by atoms with Gasteiger partial charge in [-0.25, -0.2) is 0 Å². The van der Waals surface area contributed by atoms with Gasteiger partial charge in [-0.3, -0.25) is 4.79 Å². The second-order valence-corrected chi connectivity index (χ2v) is 6.91. The van der Waals surface area contributed by atoms with Crippen LogP contribution in [-0.2, 0) is 11.2 Å². The molecule has 2 rings (SSSR count). The van der Waals surface area contributed by atoms with Gasteiger partial charge in [-0.2, -0.15) is 0 Å². The van der Waals surface area contributed by atoms with Crippen molar-refractivity contribution >= 4 is 5.91 Å². The number of hydrogen-bond donors (Lipinski definition) is 2. The molecule has 0 aromatic heterocycles. The monoisotopic (exact) mass is 288 g/mol. The molecule has 1 aliphatic heterocycles. The van der Waals surface area contributed by atoms with Crippen molar-refractivity contribution in [1.82, 2.24) is 10.6 Å². The van der Waals surface area contributed by atoms with Gasteiger partial charge >= 0.3 is 0 Å². The Hall–Kier alpha value is -1.35. The van der Waals surface area contributed by atoms with Crippen LogP contribution < -0.4 is 10.6 Å². The first-order valence-corrected chi connectivity index (χ1v) is 8.07. The normalized spacial score (nSPS) is 22.5. The largest absolute Gasteiger partial charge is 0.352 e. The summed E-state index contributed by atoms with van der Waals surface area (Å²) < 4.78 is 0. The van der Waals surface area contributed by atoms with Crippen LogP contribution in [0.4, 0.5) is 0 Å². The Balaban J connectivity index is 1.81. The molecule has 0 aliphatic carbocycles. The Labute approximate surface area is 128 Å². The minimum absolute atomic E-state index is 0.0431. The minimum atomic E-state index is -0.0644. The number of carbonyl (C=O) groups excluding carboxylic acids is 1. The molecule has 116 valence electrons. The number of rotatable bonds is 5. The van der Waals surface area contributed by atoms with Crippen LogP contribution in [0.25, 0.3) is 0 Å². The highest BCUT2D eigenvalue weighted by Gasteiger charge is 2.37. The Kier molecular flexibility index (Phi) is 5.40. The van der Waals surface area contributed by atoms with E-state index in [0.29, 0.717) is 0 Å². The third-order valence-electron chi connectivity index (χ3n) is 4.49. The van der Waals surface area contributed by atoms with E-state index in [0.717, 1.165) is 32.2 Å². The number of nitrogens with one attached hydrogen (secondary N) is 2. The van der Waals surface area contributed by atoms with Crippen LogP contribution >= 0.6 is 0 Å². The molecule has 1 aromatic carbocycles. The molecule has 3 heteroatoms. The zero-order valence-electron chi connectivity index (χ0n) is 13.5. The SMILES string of the molecule is CC(CCc1ccccc1)NC(=O)C1NCCCC1(C)C. The summed E-state index contributed by atoms with van der Waals surface area (Å²) in [6.07, 6.45) is 4.24. The smallest absolute Gasteiger partial charge is 0.237 e. The van der Waals surface area contributed by atoms with Crippen molar-refractivity contribution in [3.8, 4) is 0 Å². The van der Waals surface area contributed by atoms with E-state index in [1.807, 2.05) is 6.07 Å². The van der Waals surface area contributed by atoms with Crippen molar-refractivity contribution in [3.05, 3.63) is 35.9 Å². The average molecular weight is 288 g/mol. The molecule has 21 heavy (non-hydrogen) atoms. The summed E-state index contributed by atoms with van der Waals surface area (Å²) in [4.78, 5) is 12.5. The molecule has 1 heterocycles. The molecule has 0 saturated carbocycles. The lowest BCUT2D eigenvalue weighted by Crippen LogP contribution is -2.56. The van der Waals surface area contributed by atoms with Gasteiger partial charge in [0.15, 0.2) is 0 Å². The molecule has 1 aliphatic rings. The zero-order valence-corrected chi connectivity index (χ0v) is 13.5. The Morgan fingerprint density at radius 1 is 1.38 bits per heavy atom. The maximum absolute atomic E-state index is 12.5. The highest BCUT2D eigenvalue weighted by molar-refractivity contribution is 5.83. The maximum Gasteiger partial charge on any atom is 0.237 e. The molecule has 2 N–H and O–H groups in total. The molecule has 3 nitrogen and oxygen atoms in total. The Bertz CT molecular complexity index is 456. The summed E-state index contributed by atoms with van der Waals surface area (Å²) in [5.74, 6) is 0.153. The molecular formula is C18H28N2O. The van der Waals surface area contributed by atoms with Crippen LogP contribution in [0.3, 0.4) is 0 Å². The van der Waals surface area contributed by atoms with Crippen LogP contribution in [0.2, 0.25) is 0 Å². The van der Waals surface area contributed by atoms with Gasteiger partial charge in [-0.1, -0.05) is 44.2 Å². The van der Waals surface area contributed by atoms with Crippen LogP contribution in [-0.4, -0.2) is 24.5 Å². The summed E-state index contributed by atoms with van der Waals surface area (Å²) >= 11 is 0. The predicted molar refractivity (Wildman–Crippen MR) is 87.2 cm³/mol. The number of piperidine rings is 1. The number of benzene rings is 1. The van der Waals surface area contributed by atoms with Gasteiger partial charge in [0.1, 0.15) is 0 Å². The van der Waals surface area contributed by atoms with Gasteiger partial charge < -0.3 is 10.6 Å². The molecule has 0 radical (unpaired) electrons. The first kappa shape index (κ1) is 16.0. The van der Waals surface area contributed by atoms with E-state index >= 15 is 0 Å². The second kappa shape index (κ2) is 7.08. The van der Waals surface area contributed by atoms with Crippen molar-refractivity contribution in [2.45, 2.75) is 58.5 Å². The fourth-order valence-electron chi connectivity index (χ4n) is 3.08. The quantitative estimate of drug-likeness (QED) is 0.874. The highest BCUT2D eigenvalue weighted by Crippen LogP contribution is 2.30. The lowest BCUT2D eigenvalue weighted by molar-refractivity contribution is -0.127.